The van der Waals surface area contributed by atoms with Gasteiger partial charge in [-0.05, 0) is 25.7 Å². The maximum absolute atomic E-state index is 12.1. The first kappa shape index (κ1) is 15.7. The largest absolute Gasteiger partial charge is 0.375 e. The van der Waals surface area contributed by atoms with Gasteiger partial charge in [-0.1, -0.05) is 19.8 Å². The van der Waals surface area contributed by atoms with Gasteiger partial charge in [0.2, 0.25) is 5.91 Å². The topological polar surface area (TPSA) is 50.4 Å². The van der Waals surface area contributed by atoms with E-state index in [0.29, 0.717) is 12.6 Å². The quantitative estimate of drug-likeness (QED) is 0.803. The van der Waals surface area contributed by atoms with Gasteiger partial charge in [0.25, 0.3) is 0 Å². The van der Waals surface area contributed by atoms with Crippen LogP contribution in [0.25, 0.3) is 0 Å². The lowest BCUT2D eigenvalue weighted by Gasteiger charge is -2.33. The summed E-state index contributed by atoms with van der Waals surface area (Å²) in [4.78, 5) is 12.1. The second-order valence-corrected chi connectivity index (χ2v) is 5.48. The van der Waals surface area contributed by atoms with Crippen molar-refractivity contribution in [3.63, 3.8) is 0 Å². The van der Waals surface area contributed by atoms with Crippen LogP contribution in [0.15, 0.2) is 0 Å². The van der Waals surface area contributed by atoms with Crippen molar-refractivity contribution in [2.45, 2.75) is 57.7 Å². The highest BCUT2D eigenvalue weighted by molar-refractivity contribution is 5.85. The van der Waals surface area contributed by atoms with E-state index in [0.717, 1.165) is 25.3 Å². The molecule has 1 heterocycles. The Hall–Kier alpha value is -0.320. The van der Waals surface area contributed by atoms with E-state index in [9.17, 15) is 4.79 Å². The van der Waals surface area contributed by atoms with Crippen LogP contribution in [0.1, 0.15) is 39.5 Å². The molecule has 0 spiro atoms. The third-order valence-electron chi connectivity index (χ3n) is 3.88. The molecule has 0 aromatic carbocycles. The minimum absolute atomic E-state index is 0. The van der Waals surface area contributed by atoms with E-state index in [4.69, 9.17) is 4.74 Å². The van der Waals surface area contributed by atoms with E-state index in [1.54, 1.807) is 0 Å². The van der Waals surface area contributed by atoms with Gasteiger partial charge in [0, 0.05) is 12.6 Å². The maximum atomic E-state index is 12.1. The van der Waals surface area contributed by atoms with Crippen LogP contribution >= 0.6 is 12.4 Å². The van der Waals surface area contributed by atoms with Gasteiger partial charge in [0.15, 0.2) is 0 Å². The summed E-state index contributed by atoms with van der Waals surface area (Å²) in [6, 6.07) is 0.183. The summed E-state index contributed by atoms with van der Waals surface area (Å²) in [5.74, 6) is 0.846. The van der Waals surface area contributed by atoms with Gasteiger partial charge < -0.3 is 15.4 Å². The zero-order valence-electron chi connectivity index (χ0n) is 11.3. The van der Waals surface area contributed by atoms with E-state index in [1.165, 1.54) is 12.8 Å². The molecule has 2 rings (SSSR count). The second-order valence-electron chi connectivity index (χ2n) is 5.48. The lowest BCUT2D eigenvalue weighted by Crippen LogP contribution is -2.57. The highest BCUT2D eigenvalue weighted by Crippen LogP contribution is 2.23. The molecule has 2 aliphatic rings. The van der Waals surface area contributed by atoms with Gasteiger partial charge in [0.05, 0.1) is 12.7 Å². The van der Waals surface area contributed by atoms with Crippen molar-refractivity contribution < 1.29 is 9.53 Å². The van der Waals surface area contributed by atoms with Crippen molar-refractivity contribution in [2.75, 3.05) is 13.2 Å². The van der Waals surface area contributed by atoms with Gasteiger partial charge in [-0.2, -0.15) is 0 Å². The Labute approximate surface area is 116 Å². The number of halogens is 1. The zero-order chi connectivity index (χ0) is 12.3. The van der Waals surface area contributed by atoms with Crippen molar-refractivity contribution in [2.24, 2.45) is 5.92 Å². The number of hydrogen-bond donors (Lipinski definition) is 2. The van der Waals surface area contributed by atoms with E-state index in [-0.39, 0.29) is 30.5 Å². The molecular formula is C13H25ClN2O2. The SMILES string of the molecule is CC1CCCC(NC(=O)[C@H]2NCCO[C@@H]2C)C1.Cl. The van der Waals surface area contributed by atoms with Crippen LogP contribution in [0.5, 0.6) is 0 Å². The summed E-state index contributed by atoms with van der Waals surface area (Å²) >= 11 is 0. The van der Waals surface area contributed by atoms with Gasteiger partial charge in [-0.15, -0.1) is 12.4 Å². The van der Waals surface area contributed by atoms with E-state index < -0.39 is 0 Å². The molecule has 1 amide bonds. The molecule has 1 saturated carbocycles. The predicted octanol–water partition coefficient (Wildman–Crippen LogP) is 1.48. The minimum atomic E-state index is -0.180. The Morgan fingerprint density at radius 1 is 1.33 bits per heavy atom. The number of carbonyl (C=O) groups excluding carboxylic acids is 1. The van der Waals surface area contributed by atoms with Crippen LogP contribution in [0.2, 0.25) is 0 Å². The fourth-order valence-electron chi connectivity index (χ4n) is 2.88. The lowest BCUT2D eigenvalue weighted by molar-refractivity contribution is -0.129. The Morgan fingerprint density at radius 3 is 2.78 bits per heavy atom. The number of nitrogens with one attached hydrogen (secondary N) is 2. The predicted molar refractivity (Wildman–Crippen MR) is 74.0 cm³/mol. The van der Waals surface area contributed by atoms with Crippen molar-refractivity contribution in [3.05, 3.63) is 0 Å². The molecule has 5 heteroatoms. The molecule has 1 aliphatic carbocycles. The van der Waals surface area contributed by atoms with Crippen LogP contribution in [0, 0.1) is 5.92 Å². The number of carbonyl (C=O) groups is 1. The third-order valence-corrected chi connectivity index (χ3v) is 3.88. The first-order chi connectivity index (χ1) is 8.16. The van der Waals surface area contributed by atoms with Crippen LogP contribution < -0.4 is 10.6 Å². The number of ether oxygens (including phenoxy) is 1. The van der Waals surface area contributed by atoms with E-state index >= 15 is 0 Å². The van der Waals surface area contributed by atoms with E-state index in [1.807, 2.05) is 6.92 Å². The molecule has 1 saturated heterocycles. The molecular weight excluding hydrogens is 252 g/mol. The summed E-state index contributed by atoms with van der Waals surface area (Å²) in [5.41, 5.74) is 0. The fraction of sp³-hybridized carbons (Fsp3) is 0.923. The molecule has 4 atom stereocenters. The molecule has 0 aromatic rings. The summed E-state index contributed by atoms with van der Waals surface area (Å²) in [7, 11) is 0. The number of hydrogen-bond acceptors (Lipinski definition) is 3. The average molecular weight is 277 g/mol. The third kappa shape index (κ3) is 4.11. The molecule has 0 bridgehead atoms. The molecule has 4 nitrogen and oxygen atoms in total. The van der Waals surface area contributed by atoms with Crippen LogP contribution in [-0.4, -0.2) is 37.2 Å². The molecule has 0 radical (unpaired) electrons. The van der Waals surface area contributed by atoms with Crippen molar-refractivity contribution in [3.8, 4) is 0 Å². The highest BCUT2D eigenvalue weighted by Gasteiger charge is 2.30. The fourth-order valence-corrected chi connectivity index (χ4v) is 2.88. The molecule has 106 valence electrons. The van der Waals surface area contributed by atoms with Gasteiger partial charge in [0.1, 0.15) is 6.04 Å². The molecule has 2 unspecified atom stereocenters. The van der Waals surface area contributed by atoms with Gasteiger partial charge in [-0.25, -0.2) is 0 Å². The van der Waals surface area contributed by atoms with Gasteiger partial charge >= 0.3 is 0 Å². The van der Waals surface area contributed by atoms with Crippen molar-refractivity contribution in [1.82, 2.24) is 10.6 Å². The first-order valence-electron chi connectivity index (χ1n) is 6.82. The number of rotatable bonds is 2. The van der Waals surface area contributed by atoms with Crippen LogP contribution in [0.4, 0.5) is 0 Å². The highest BCUT2D eigenvalue weighted by atomic mass is 35.5. The summed E-state index contributed by atoms with van der Waals surface area (Å²) in [5, 5.41) is 6.40. The summed E-state index contributed by atoms with van der Waals surface area (Å²) in [6.07, 6.45) is 4.75. The Bertz CT molecular complexity index is 276. The Morgan fingerprint density at radius 2 is 2.11 bits per heavy atom. The van der Waals surface area contributed by atoms with Crippen LogP contribution in [-0.2, 0) is 9.53 Å². The Kier molecular flexibility index (Phi) is 6.39. The normalized spacial score (nSPS) is 36.6. The zero-order valence-corrected chi connectivity index (χ0v) is 12.1. The molecule has 2 fully saturated rings. The standard InChI is InChI=1S/C13H24N2O2.ClH/c1-9-4-3-5-11(8-9)15-13(16)12-10(2)17-7-6-14-12;/h9-12,14H,3-8H2,1-2H3,(H,15,16);1H/t9?,10-,11?,12+;/m1./s1. The van der Waals surface area contributed by atoms with Crippen molar-refractivity contribution >= 4 is 18.3 Å². The summed E-state index contributed by atoms with van der Waals surface area (Å²) in [6.45, 7) is 5.69. The molecule has 0 aromatic heterocycles. The van der Waals surface area contributed by atoms with Crippen LogP contribution in [0.3, 0.4) is 0 Å². The number of morpholine rings is 1. The lowest BCUT2D eigenvalue weighted by atomic mass is 9.87. The summed E-state index contributed by atoms with van der Waals surface area (Å²) < 4.78 is 5.50. The average Bonchev–Trinajstić information content (AvgIpc) is 2.29. The molecule has 1 aliphatic heterocycles. The first-order valence-corrected chi connectivity index (χ1v) is 6.82. The number of amides is 1. The maximum Gasteiger partial charge on any atom is 0.240 e. The minimum Gasteiger partial charge on any atom is -0.375 e. The van der Waals surface area contributed by atoms with E-state index in [2.05, 4.69) is 17.6 Å². The van der Waals surface area contributed by atoms with Crippen molar-refractivity contribution in [1.29, 1.82) is 0 Å². The van der Waals surface area contributed by atoms with Gasteiger partial charge in [-0.3, -0.25) is 4.79 Å². The molecule has 2 N–H and O–H groups in total. The smallest absolute Gasteiger partial charge is 0.240 e. The molecule has 18 heavy (non-hydrogen) atoms. The second kappa shape index (κ2) is 7.31. The monoisotopic (exact) mass is 276 g/mol. The Balaban J connectivity index is 0.00000162.